The number of aromatic nitrogens is 1. The van der Waals surface area contributed by atoms with Crippen molar-refractivity contribution in [1.29, 1.82) is 0 Å². The number of piperazine rings is 1. The minimum absolute atomic E-state index is 0. The van der Waals surface area contributed by atoms with Gasteiger partial charge < -0.3 is 27.3 Å². The van der Waals surface area contributed by atoms with Crippen molar-refractivity contribution in [3.8, 4) is 16.9 Å². The summed E-state index contributed by atoms with van der Waals surface area (Å²) in [5, 5.41) is 11.5. The summed E-state index contributed by atoms with van der Waals surface area (Å²) < 4.78 is 20.4. The zero-order valence-electron chi connectivity index (χ0n) is 16.5. The molecule has 1 amide bonds. The van der Waals surface area contributed by atoms with E-state index < -0.39 is 5.82 Å². The van der Waals surface area contributed by atoms with Gasteiger partial charge in [0.15, 0.2) is 5.82 Å². The maximum absolute atomic E-state index is 15.4. The first-order valence-corrected chi connectivity index (χ1v) is 10.8. The Morgan fingerprint density at radius 2 is 2.03 bits per heavy atom. The number of amides is 1. The summed E-state index contributed by atoms with van der Waals surface area (Å²) in [7, 11) is 0. The maximum atomic E-state index is 15.4. The summed E-state index contributed by atoms with van der Waals surface area (Å²) in [6.07, 6.45) is 1.31. The molecule has 1 aliphatic heterocycles. The van der Waals surface area contributed by atoms with E-state index in [9.17, 15) is 9.90 Å². The first-order valence-electron chi connectivity index (χ1n) is 8.83. The lowest BCUT2D eigenvalue weighted by molar-refractivity contribution is -0.126. The molecule has 0 atom stereocenters. The minimum atomic E-state index is -0.526. The standard InChI is InChI=1S/C20H16BrClFN3O2S.ClH/c1-2-16(28)25-5-7-26(8-6-25)20-13-10-15(22)17(18(23)19(13)24-29-20)12-9-11(27)3-4-14(12)21;/h2-4,9-10,27H,1,5-8H2;1H. The van der Waals surface area contributed by atoms with Crippen LogP contribution in [0.4, 0.5) is 9.39 Å². The molecule has 4 rings (SSSR count). The molecule has 0 unspecified atom stereocenters. The lowest BCUT2D eigenvalue weighted by atomic mass is 10.0. The van der Waals surface area contributed by atoms with Gasteiger partial charge in [-0.15, -0.1) is 0 Å². The number of nitrogens with zero attached hydrogens (tertiary/aromatic N) is 3. The second kappa shape index (κ2) is 9.09. The Bertz CT molecular complexity index is 1140. The van der Waals surface area contributed by atoms with Crippen LogP contribution in [-0.4, -0.2) is 46.5 Å². The topological polar surface area (TPSA) is 56.7 Å². The zero-order chi connectivity index (χ0) is 20.7. The van der Waals surface area contributed by atoms with Gasteiger partial charge in [-0.2, -0.15) is 4.37 Å². The number of hydrogen-bond acceptors (Lipinski definition) is 5. The molecule has 1 N–H and O–H groups in total. The van der Waals surface area contributed by atoms with Crippen molar-refractivity contribution in [2.45, 2.75) is 0 Å². The van der Waals surface area contributed by atoms with Gasteiger partial charge in [-0.1, -0.05) is 34.1 Å². The molecule has 10 heteroatoms. The van der Waals surface area contributed by atoms with Crippen molar-refractivity contribution in [2.75, 3.05) is 31.1 Å². The van der Waals surface area contributed by atoms with Crippen LogP contribution in [0, 0.1) is 5.82 Å². The molecule has 2 aromatic carbocycles. The first-order chi connectivity index (χ1) is 13.9. The highest BCUT2D eigenvalue weighted by Gasteiger charge is 2.25. The monoisotopic (exact) mass is 531 g/mol. The molecule has 1 fully saturated rings. The minimum Gasteiger partial charge on any atom is -1.00 e. The summed E-state index contributed by atoms with van der Waals surface area (Å²) in [6.45, 7) is 5.89. The van der Waals surface area contributed by atoms with E-state index in [4.69, 9.17) is 11.6 Å². The lowest BCUT2D eigenvalue weighted by Crippen LogP contribution is -3.00. The predicted octanol–water partition coefficient (Wildman–Crippen LogP) is 2.17. The molecule has 3 aromatic rings. The van der Waals surface area contributed by atoms with Crippen LogP contribution < -0.4 is 17.3 Å². The van der Waals surface area contributed by atoms with Gasteiger partial charge in [-0.3, -0.25) is 4.79 Å². The van der Waals surface area contributed by atoms with E-state index in [2.05, 4.69) is 31.8 Å². The van der Waals surface area contributed by atoms with E-state index in [-0.39, 0.29) is 41.6 Å². The molecule has 2 heterocycles. The molecule has 0 bridgehead atoms. The van der Waals surface area contributed by atoms with Crippen LogP contribution in [0.2, 0.25) is 5.02 Å². The smallest absolute Gasteiger partial charge is 1.00 e. The molecule has 0 aliphatic carbocycles. The second-order valence-electron chi connectivity index (χ2n) is 6.61. The Balaban J connectivity index is 0.00000171. The number of anilines is 1. The van der Waals surface area contributed by atoms with Crippen molar-refractivity contribution >= 4 is 60.9 Å². The van der Waals surface area contributed by atoms with E-state index in [0.29, 0.717) is 41.6 Å². The number of carbonyl (C=O) groups excluding carboxylic acids is 1. The Kier molecular flexibility index (Phi) is 6.91. The molecule has 30 heavy (non-hydrogen) atoms. The van der Waals surface area contributed by atoms with Gasteiger partial charge >= 0.3 is 1.43 Å². The van der Waals surface area contributed by atoms with Gasteiger partial charge in [0, 0.05) is 47.2 Å². The van der Waals surface area contributed by atoms with Crippen molar-refractivity contribution in [1.82, 2.24) is 9.27 Å². The van der Waals surface area contributed by atoms with Crippen LogP contribution in [0.3, 0.4) is 0 Å². The summed E-state index contributed by atoms with van der Waals surface area (Å²) in [4.78, 5) is 15.6. The molecule has 0 spiro atoms. The summed E-state index contributed by atoms with van der Waals surface area (Å²) in [5.74, 6) is -0.597. The van der Waals surface area contributed by atoms with Gasteiger partial charge in [-0.25, -0.2) is 4.39 Å². The third-order valence-electron chi connectivity index (χ3n) is 4.92. The molecule has 5 nitrogen and oxygen atoms in total. The number of aromatic hydroxyl groups is 1. The summed E-state index contributed by atoms with van der Waals surface area (Å²) in [5.41, 5.74) is 0.893. The Hall–Kier alpha value is -1.87. The zero-order valence-corrected chi connectivity index (χ0v) is 19.5. The van der Waals surface area contributed by atoms with E-state index in [1.165, 1.54) is 29.7 Å². The van der Waals surface area contributed by atoms with Crippen molar-refractivity contribution < 1.29 is 28.1 Å². The number of fused-ring (bicyclic) bond motifs is 1. The highest BCUT2D eigenvalue weighted by atomic mass is 79.9. The predicted molar refractivity (Wildman–Crippen MR) is 119 cm³/mol. The van der Waals surface area contributed by atoms with Crippen molar-refractivity contribution in [3.63, 3.8) is 0 Å². The van der Waals surface area contributed by atoms with E-state index in [0.717, 1.165) is 5.00 Å². The van der Waals surface area contributed by atoms with Gasteiger partial charge in [0.25, 0.3) is 0 Å². The average Bonchev–Trinajstić information content (AvgIpc) is 3.14. The molecule has 0 saturated carbocycles. The fourth-order valence-electron chi connectivity index (χ4n) is 3.44. The SMILES string of the molecule is C=CC(=O)N1CCN(c2snc3c(F)c(-c4cc(O)ccc4Br)c(Cl)cc23)CC1.[Cl-].[H+]. The number of phenols is 1. The van der Waals surface area contributed by atoms with E-state index in [1.54, 1.807) is 17.0 Å². The highest BCUT2D eigenvalue weighted by Crippen LogP contribution is 2.43. The highest BCUT2D eigenvalue weighted by molar-refractivity contribution is 9.10. The first kappa shape index (κ1) is 22.8. The molecule has 1 saturated heterocycles. The van der Waals surface area contributed by atoms with Crippen LogP contribution in [0.5, 0.6) is 5.75 Å². The van der Waals surface area contributed by atoms with Crippen molar-refractivity contribution in [2.24, 2.45) is 0 Å². The summed E-state index contributed by atoms with van der Waals surface area (Å²) >= 11 is 11.1. The van der Waals surface area contributed by atoms with Crippen molar-refractivity contribution in [3.05, 3.63) is 52.2 Å². The fourth-order valence-corrected chi connectivity index (χ4v) is 5.08. The van der Waals surface area contributed by atoms with Crippen LogP contribution >= 0.6 is 39.1 Å². The van der Waals surface area contributed by atoms with Gasteiger partial charge in [0.1, 0.15) is 16.3 Å². The quantitative estimate of drug-likeness (QED) is 0.525. The Morgan fingerprint density at radius 3 is 2.70 bits per heavy atom. The molecular weight excluding hydrogens is 516 g/mol. The molecular formula is C20H17BrCl2FN3O2S. The van der Waals surface area contributed by atoms with E-state index in [1.807, 2.05) is 0 Å². The fraction of sp³-hybridized carbons (Fsp3) is 0.200. The number of phenolic OH excluding ortho intramolecular Hbond substituents is 1. The molecule has 0 radical (unpaired) electrons. The lowest BCUT2D eigenvalue weighted by Gasteiger charge is -2.34. The van der Waals surface area contributed by atoms with Crippen LogP contribution in [0.15, 0.2) is 41.4 Å². The van der Waals surface area contributed by atoms with Crippen LogP contribution in [-0.2, 0) is 4.79 Å². The van der Waals surface area contributed by atoms with Crippen LogP contribution in [0.1, 0.15) is 1.43 Å². The maximum Gasteiger partial charge on any atom is 1.00 e. The van der Waals surface area contributed by atoms with Gasteiger partial charge in [0.2, 0.25) is 5.91 Å². The third kappa shape index (κ3) is 4.01. The number of halogens is 4. The van der Waals surface area contributed by atoms with Gasteiger partial charge in [0.05, 0.1) is 5.02 Å². The van der Waals surface area contributed by atoms with Gasteiger partial charge in [-0.05, 0) is 41.9 Å². The molecule has 1 aromatic heterocycles. The molecule has 1 aliphatic rings. The largest absolute Gasteiger partial charge is 1.00 e. The number of benzene rings is 2. The summed E-state index contributed by atoms with van der Waals surface area (Å²) in [6, 6.07) is 6.33. The average molecular weight is 533 g/mol. The number of rotatable bonds is 3. The second-order valence-corrected chi connectivity index (χ2v) is 8.63. The molecule has 158 valence electrons. The van der Waals surface area contributed by atoms with Crippen LogP contribution in [0.25, 0.3) is 22.0 Å². The Morgan fingerprint density at radius 1 is 1.33 bits per heavy atom. The number of hydrogen-bond donors (Lipinski definition) is 1. The Labute approximate surface area is 197 Å². The van der Waals surface area contributed by atoms with E-state index >= 15 is 4.39 Å². The number of carbonyl (C=O) groups is 1. The normalized spacial score (nSPS) is 14.0. The third-order valence-corrected chi connectivity index (χ3v) is 6.83.